The fourth-order valence-electron chi connectivity index (χ4n) is 4.15. The van der Waals surface area contributed by atoms with Gasteiger partial charge in [-0.3, -0.25) is 9.59 Å². The number of pyridine rings is 1. The predicted molar refractivity (Wildman–Crippen MR) is 98.7 cm³/mol. The normalized spacial score (nSPS) is 23.7. The van der Waals surface area contributed by atoms with Gasteiger partial charge < -0.3 is 14.9 Å². The molecule has 1 N–H and O–H groups in total. The number of carbonyl (C=O) groups excluding carboxylic acids is 2. The van der Waals surface area contributed by atoms with Gasteiger partial charge in [-0.15, -0.1) is 0 Å². The van der Waals surface area contributed by atoms with Crippen LogP contribution in [0.2, 0.25) is 0 Å². The molecule has 2 amide bonds. The molecule has 2 fully saturated rings. The second-order valence-electron chi connectivity index (χ2n) is 8.20. The number of piperidine rings is 2. The average Bonchev–Trinajstić information content (AvgIpc) is 2.63. The summed E-state index contributed by atoms with van der Waals surface area (Å²) in [6.07, 6.45) is 5.89. The van der Waals surface area contributed by atoms with Crippen LogP contribution in [0, 0.1) is 11.3 Å². The molecule has 2 saturated heterocycles. The highest BCUT2D eigenvalue weighted by atomic mass is 16.3. The van der Waals surface area contributed by atoms with Gasteiger partial charge in [0.2, 0.25) is 5.91 Å². The molecule has 0 aliphatic carbocycles. The first kappa shape index (κ1) is 18.7. The Balaban J connectivity index is 1.71. The van der Waals surface area contributed by atoms with Gasteiger partial charge in [-0.25, -0.2) is 4.98 Å². The SMILES string of the molecule is CC(C)CCN1CC2(CCCN(C(=O)c3ncccc3O)C2)CCC1=O. The zero-order chi connectivity index (χ0) is 18.7. The van der Waals surface area contributed by atoms with Crippen molar-refractivity contribution in [2.45, 2.75) is 46.0 Å². The lowest BCUT2D eigenvalue weighted by atomic mass is 9.73. The summed E-state index contributed by atoms with van der Waals surface area (Å²) in [4.78, 5) is 33.0. The van der Waals surface area contributed by atoms with Gasteiger partial charge in [0.1, 0.15) is 5.75 Å². The van der Waals surface area contributed by atoms with Gasteiger partial charge >= 0.3 is 0 Å². The third-order valence-corrected chi connectivity index (χ3v) is 5.66. The number of likely N-dealkylation sites (tertiary alicyclic amines) is 2. The molecule has 1 aromatic heterocycles. The van der Waals surface area contributed by atoms with Crippen LogP contribution in [0.15, 0.2) is 18.3 Å². The van der Waals surface area contributed by atoms with E-state index in [9.17, 15) is 14.7 Å². The monoisotopic (exact) mass is 359 g/mol. The topological polar surface area (TPSA) is 73.7 Å². The minimum Gasteiger partial charge on any atom is -0.505 e. The molecular weight excluding hydrogens is 330 g/mol. The van der Waals surface area contributed by atoms with Crippen LogP contribution >= 0.6 is 0 Å². The fraction of sp³-hybridized carbons (Fsp3) is 0.650. The molecule has 2 aliphatic heterocycles. The van der Waals surface area contributed by atoms with Gasteiger partial charge in [-0.2, -0.15) is 0 Å². The molecule has 2 aliphatic rings. The molecule has 1 unspecified atom stereocenters. The summed E-state index contributed by atoms with van der Waals surface area (Å²) in [5.74, 6) is 0.515. The molecule has 0 saturated carbocycles. The molecule has 0 radical (unpaired) electrons. The number of amides is 2. The maximum absolute atomic E-state index is 12.8. The molecule has 3 heterocycles. The summed E-state index contributed by atoms with van der Waals surface area (Å²) in [6, 6.07) is 3.11. The van der Waals surface area contributed by atoms with Crippen molar-refractivity contribution < 1.29 is 14.7 Å². The molecule has 6 nitrogen and oxygen atoms in total. The molecule has 142 valence electrons. The van der Waals surface area contributed by atoms with E-state index in [0.29, 0.717) is 25.4 Å². The van der Waals surface area contributed by atoms with Crippen molar-refractivity contribution in [1.82, 2.24) is 14.8 Å². The summed E-state index contributed by atoms with van der Waals surface area (Å²) in [6.45, 7) is 7.18. The van der Waals surface area contributed by atoms with Crippen LogP contribution in [-0.4, -0.2) is 57.9 Å². The molecule has 0 bridgehead atoms. The van der Waals surface area contributed by atoms with E-state index in [1.807, 2.05) is 9.80 Å². The lowest BCUT2D eigenvalue weighted by Crippen LogP contribution is -2.55. The Hall–Kier alpha value is -2.11. The van der Waals surface area contributed by atoms with E-state index in [2.05, 4.69) is 18.8 Å². The van der Waals surface area contributed by atoms with Gasteiger partial charge in [0.05, 0.1) is 0 Å². The molecule has 0 aromatic carbocycles. The highest BCUT2D eigenvalue weighted by molar-refractivity contribution is 5.94. The van der Waals surface area contributed by atoms with Crippen LogP contribution < -0.4 is 0 Å². The molecule has 6 heteroatoms. The van der Waals surface area contributed by atoms with Crippen LogP contribution in [-0.2, 0) is 4.79 Å². The van der Waals surface area contributed by atoms with Crippen molar-refractivity contribution in [3.05, 3.63) is 24.0 Å². The van der Waals surface area contributed by atoms with Crippen LogP contribution in [0.5, 0.6) is 5.75 Å². The quantitative estimate of drug-likeness (QED) is 0.897. The van der Waals surface area contributed by atoms with Gasteiger partial charge in [0, 0.05) is 44.2 Å². The van der Waals surface area contributed by atoms with Crippen molar-refractivity contribution in [3.63, 3.8) is 0 Å². The van der Waals surface area contributed by atoms with E-state index in [0.717, 1.165) is 38.8 Å². The smallest absolute Gasteiger partial charge is 0.276 e. The van der Waals surface area contributed by atoms with E-state index in [1.54, 1.807) is 6.07 Å². The summed E-state index contributed by atoms with van der Waals surface area (Å²) < 4.78 is 0. The van der Waals surface area contributed by atoms with E-state index in [-0.39, 0.29) is 28.7 Å². The summed E-state index contributed by atoms with van der Waals surface area (Å²) in [7, 11) is 0. The molecule has 1 spiro atoms. The first-order chi connectivity index (χ1) is 12.4. The zero-order valence-corrected chi connectivity index (χ0v) is 15.8. The van der Waals surface area contributed by atoms with Gasteiger partial charge in [0.15, 0.2) is 5.69 Å². The highest BCUT2D eigenvalue weighted by Crippen LogP contribution is 2.39. The minimum atomic E-state index is -0.215. The lowest BCUT2D eigenvalue weighted by Gasteiger charge is -2.48. The van der Waals surface area contributed by atoms with Gasteiger partial charge in [0.25, 0.3) is 5.91 Å². The van der Waals surface area contributed by atoms with Crippen molar-refractivity contribution in [1.29, 1.82) is 0 Å². The van der Waals surface area contributed by atoms with Gasteiger partial charge in [-0.05, 0) is 43.7 Å². The maximum Gasteiger partial charge on any atom is 0.276 e. The van der Waals surface area contributed by atoms with Crippen LogP contribution in [0.1, 0.15) is 56.4 Å². The number of hydrogen-bond donors (Lipinski definition) is 1. The van der Waals surface area contributed by atoms with Crippen molar-refractivity contribution in [3.8, 4) is 5.75 Å². The van der Waals surface area contributed by atoms with E-state index in [1.165, 1.54) is 12.3 Å². The van der Waals surface area contributed by atoms with E-state index in [4.69, 9.17) is 0 Å². The Bertz CT molecular complexity index is 676. The zero-order valence-electron chi connectivity index (χ0n) is 15.8. The molecule has 1 atom stereocenters. The molecule has 3 rings (SSSR count). The van der Waals surface area contributed by atoms with E-state index < -0.39 is 0 Å². The molecule has 1 aromatic rings. The first-order valence-corrected chi connectivity index (χ1v) is 9.61. The summed E-state index contributed by atoms with van der Waals surface area (Å²) in [5, 5.41) is 9.95. The standard InChI is InChI=1S/C20H29N3O3/c1-15(2)7-12-22-13-20(9-6-17(22)25)8-4-11-23(14-20)19(26)18-16(24)5-3-10-21-18/h3,5,10,15,24H,4,6-9,11-14H2,1-2H3. The molecule has 26 heavy (non-hydrogen) atoms. The number of aromatic hydroxyl groups is 1. The lowest BCUT2D eigenvalue weighted by molar-refractivity contribution is -0.139. The highest BCUT2D eigenvalue weighted by Gasteiger charge is 2.43. The maximum atomic E-state index is 12.8. The number of nitrogens with zero attached hydrogens (tertiary/aromatic N) is 3. The number of rotatable bonds is 4. The van der Waals surface area contributed by atoms with Crippen molar-refractivity contribution in [2.75, 3.05) is 26.2 Å². The number of carbonyl (C=O) groups is 2. The Morgan fingerprint density at radius 3 is 2.88 bits per heavy atom. The largest absolute Gasteiger partial charge is 0.505 e. The number of aromatic nitrogens is 1. The summed E-state index contributed by atoms with van der Waals surface area (Å²) >= 11 is 0. The van der Waals surface area contributed by atoms with Crippen LogP contribution in [0.25, 0.3) is 0 Å². The predicted octanol–water partition coefficient (Wildman–Crippen LogP) is 2.68. The second kappa shape index (κ2) is 7.64. The van der Waals surface area contributed by atoms with E-state index >= 15 is 0 Å². The van der Waals surface area contributed by atoms with Gasteiger partial charge in [-0.1, -0.05) is 13.8 Å². The summed E-state index contributed by atoms with van der Waals surface area (Å²) in [5.41, 5.74) is 0.0940. The third kappa shape index (κ3) is 4.00. The Morgan fingerprint density at radius 1 is 1.35 bits per heavy atom. The fourth-order valence-corrected chi connectivity index (χ4v) is 4.15. The van der Waals surface area contributed by atoms with Crippen LogP contribution in [0.4, 0.5) is 0 Å². The van der Waals surface area contributed by atoms with Crippen molar-refractivity contribution in [2.24, 2.45) is 11.3 Å². The van der Waals surface area contributed by atoms with Crippen molar-refractivity contribution >= 4 is 11.8 Å². The first-order valence-electron chi connectivity index (χ1n) is 9.61. The third-order valence-electron chi connectivity index (χ3n) is 5.66. The van der Waals surface area contributed by atoms with Crippen LogP contribution in [0.3, 0.4) is 0 Å². The number of hydrogen-bond acceptors (Lipinski definition) is 4. The molecular formula is C20H29N3O3. The second-order valence-corrected chi connectivity index (χ2v) is 8.20. The minimum absolute atomic E-state index is 0.0246. The Morgan fingerprint density at radius 2 is 2.15 bits per heavy atom. The average molecular weight is 359 g/mol. The Kier molecular flexibility index (Phi) is 5.49. The Labute approximate surface area is 155 Å².